The van der Waals surface area contributed by atoms with Gasteiger partial charge in [-0.2, -0.15) is 0 Å². The van der Waals surface area contributed by atoms with Gasteiger partial charge in [0.1, 0.15) is 5.78 Å². The van der Waals surface area contributed by atoms with Crippen molar-refractivity contribution < 1.29 is 9.59 Å². The van der Waals surface area contributed by atoms with Crippen molar-refractivity contribution in [2.75, 3.05) is 0 Å². The fourth-order valence-electron chi connectivity index (χ4n) is 1.86. The quantitative estimate of drug-likeness (QED) is 0.373. The van der Waals surface area contributed by atoms with Gasteiger partial charge in [0.2, 0.25) is 0 Å². The van der Waals surface area contributed by atoms with E-state index in [2.05, 4.69) is 6.92 Å². The number of Topliss-reactive ketones (excluding diaryl/α,β-unsaturated/α-hetero) is 2. The normalized spacial score (nSPS) is 10.6. The standard InChI is InChI=1S/C15H22O2S/c1-3-4-5-6-7-8-13(16)11-14(17)15-10-9-12(2)18-15/h9-10H,3-8,11H2,1-2H3. The summed E-state index contributed by atoms with van der Waals surface area (Å²) >= 11 is 1.47. The van der Waals surface area contributed by atoms with Gasteiger partial charge in [0.15, 0.2) is 5.78 Å². The maximum Gasteiger partial charge on any atom is 0.180 e. The Bertz CT molecular complexity index is 393. The van der Waals surface area contributed by atoms with Crippen LogP contribution < -0.4 is 0 Å². The van der Waals surface area contributed by atoms with Crippen LogP contribution in [0.5, 0.6) is 0 Å². The smallest absolute Gasteiger partial charge is 0.180 e. The lowest BCUT2D eigenvalue weighted by Gasteiger charge is -2.00. The molecule has 2 nitrogen and oxygen atoms in total. The average molecular weight is 266 g/mol. The van der Waals surface area contributed by atoms with Crippen LogP contribution in [-0.4, -0.2) is 11.6 Å². The highest BCUT2D eigenvalue weighted by atomic mass is 32.1. The van der Waals surface area contributed by atoms with Crippen LogP contribution in [0.1, 0.15) is 66.4 Å². The third-order valence-corrected chi connectivity index (χ3v) is 3.97. The van der Waals surface area contributed by atoms with Crippen LogP contribution in [-0.2, 0) is 4.79 Å². The summed E-state index contributed by atoms with van der Waals surface area (Å²) in [4.78, 5) is 25.3. The molecule has 18 heavy (non-hydrogen) atoms. The third-order valence-electron chi connectivity index (χ3n) is 2.93. The van der Waals surface area contributed by atoms with Gasteiger partial charge in [-0.25, -0.2) is 0 Å². The number of thiophene rings is 1. The van der Waals surface area contributed by atoms with E-state index in [1.165, 1.54) is 30.6 Å². The highest BCUT2D eigenvalue weighted by Gasteiger charge is 2.12. The minimum absolute atomic E-state index is 0.0216. The number of hydrogen-bond acceptors (Lipinski definition) is 3. The van der Waals surface area contributed by atoms with Crippen molar-refractivity contribution in [2.45, 2.75) is 58.8 Å². The summed E-state index contributed by atoms with van der Waals surface area (Å²) in [5.74, 6) is 0.0641. The molecule has 0 N–H and O–H groups in total. The number of aryl methyl sites for hydroxylation is 1. The van der Waals surface area contributed by atoms with E-state index >= 15 is 0 Å². The summed E-state index contributed by atoms with van der Waals surface area (Å²) in [6.45, 7) is 4.14. The van der Waals surface area contributed by atoms with Gasteiger partial charge < -0.3 is 0 Å². The molecule has 0 atom stereocenters. The Morgan fingerprint density at radius 3 is 2.44 bits per heavy atom. The SMILES string of the molecule is CCCCCCCC(=O)CC(=O)c1ccc(C)s1. The van der Waals surface area contributed by atoms with E-state index in [4.69, 9.17) is 0 Å². The molecule has 0 unspecified atom stereocenters. The lowest BCUT2D eigenvalue weighted by molar-refractivity contribution is -0.118. The zero-order valence-electron chi connectivity index (χ0n) is 11.3. The van der Waals surface area contributed by atoms with Gasteiger partial charge in [0.05, 0.1) is 11.3 Å². The molecule has 0 amide bonds. The van der Waals surface area contributed by atoms with E-state index in [1.807, 2.05) is 19.1 Å². The Balaban J connectivity index is 2.22. The Kier molecular flexibility index (Phi) is 6.88. The van der Waals surface area contributed by atoms with Gasteiger partial charge in [0.25, 0.3) is 0 Å². The molecule has 0 aromatic carbocycles. The van der Waals surface area contributed by atoms with Crippen LogP contribution in [0, 0.1) is 6.92 Å². The van der Waals surface area contributed by atoms with E-state index in [0.29, 0.717) is 11.3 Å². The Morgan fingerprint density at radius 1 is 1.11 bits per heavy atom. The third kappa shape index (κ3) is 5.58. The van der Waals surface area contributed by atoms with Crippen molar-refractivity contribution in [3.8, 4) is 0 Å². The maximum absolute atomic E-state index is 11.8. The first-order valence-electron chi connectivity index (χ1n) is 6.74. The summed E-state index contributed by atoms with van der Waals surface area (Å²) < 4.78 is 0. The predicted molar refractivity (Wildman–Crippen MR) is 76.4 cm³/mol. The van der Waals surface area contributed by atoms with Crippen molar-refractivity contribution in [3.63, 3.8) is 0 Å². The highest BCUT2D eigenvalue weighted by Crippen LogP contribution is 2.17. The summed E-state index contributed by atoms with van der Waals surface area (Å²) in [5, 5.41) is 0. The molecule has 0 aliphatic rings. The number of unbranched alkanes of at least 4 members (excludes halogenated alkanes) is 4. The molecule has 0 saturated heterocycles. The number of rotatable bonds is 9. The van der Waals surface area contributed by atoms with Crippen LogP contribution in [0.3, 0.4) is 0 Å². The fraction of sp³-hybridized carbons (Fsp3) is 0.600. The molecule has 0 aliphatic heterocycles. The predicted octanol–water partition coefficient (Wildman–Crippen LogP) is 4.56. The first-order valence-corrected chi connectivity index (χ1v) is 7.56. The van der Waals surface area contributed by atoms with Gasteiger partial charge in [0, 0.05) is 11.3 Å². The molecule has 0 radical (unpaired) electrons. The largest absolute Gasteiger partial charge is 0.299 e. The molecule has 1 rings (SSSR count). The second-order valence-corrected chi connectivity index (χ2v) is 6.00. The van der Waals surface area contributed by atoms with Gasteiger partial charge in [-0.15, -0.1) is 11.3 Å². The van der Waals surface area contributed by atoms with Crippen molar-refractivity contribution in [1.29, 1.82) is 0 Å². The van der Waals surface area contributed by atoms with Crippen molar-refractivity contribution >= 4 is 22.9 Å². The van der Waals surface area contributed by atoms with Gasteiger partial charge in [-0.1, -0.05) is 32.6 Å². The maximum atomic E-state index is 11.8. The summed E-state index contributed by atoms with van der Waals surface area (Å²) in [5.41, 5.74) is 0. The molecular formula is C15H22O2S. The molecule has 0 spiro atoms. The topological polar surface area (TPSA) is 34.1 Å². The van der Waals surface area contributed by atoms with Gasteiger partial charge in [-0.05, 0) is 25.5 Å². The summed E-state index contributed by atoms with van der Waals surface area (Å²) in [6, 6.07) is 3.74. The first kappa shape index (κ1) is 15.1. The Hall–Kier alpha value is -0.960. The molecular weight excluding hydrogens is 244 g/mol. The minimum Gasteiger partial charge on any atom is -0.299 e. The molecule has 3 heteroatoms. The van der Waals surface area contributed by atoms with Crippen molar-refractivity contribution in [2.24, 2.45) is 0 Å². The highest BCUT2D eigenvalue weighted by molar-refractivity contribution is 7.14. The first-order chi connectivity index (χ1) is 8.63. The average Bonchev–Trinajstić information content (AvgIpc) is 2.75. The molecule has 100 valence electrons. The fourth-order valence-corrected chi connectivity index (χ4v) is 2.67. The second kappa shape index (κ2) is 8.20. The summed E-state index contributed by atoms with van der Waals surface area (Å²) in [6.07, 6.45) is 6.31. The molecule has 0 bridgehead atoms. The van der Waals surface area contributed by atoms with E-state index in [1.54, 1.807) is 0 Å². The van der Waals surface area contributed by atoms with Crippen LogP contribution in [0.25, 0.3) is 0 Å². The lowest BCUT2D eigenvalue weighted by atomic mass is 10.1. The zero-order valence-corrected chi connectivity index (χ0v) is 12.1. The number of ketones is 2. The molecule has 0 aliphatic carbocycles. The van der Waals surface area contributed by atoms with E-state index in [9.17, 15) is 9.59 Å². The van der Waals surface area contributed by atoms with Crippen molar-refractivity contribution in [1.82, 2.24) is 0 Å². The van der Waals surface area contributed by atoms with Gasteiger partial charge in [-0.3, -0.25) is 9.59 Å². The molecule has 1 aromatic rings. The zero-order chi connectivity index (χ0) is 13.4. The number of carbonyl (C=O) groups excluding carboxylic acids is 2. The Morgan fingerprint density at radius 2 is 1.83 bits per heavy atom. The van der Waals surface area contributed by atoms with Crippen LogP contribution >= 0.6 is 11.3 Å². The molecule has 0 saturated carbocycles. The van der Waals surface area contributed by atoms with Crippen LogP contribution in [0.15, 0.2) is 12.1 Å². The molecule has 1 heterocycles. The molecule has 1 aromatic heterocycles. The monoisotopic (exact) mass is 266 g/mol. The van der Waals surface area contributed by atoms with Crippen LogP contribution in [0.2, 0.25) is 0 Å². The lowest BCUT2D eigenvalue weighted by Crippen LogP contribution is -2.06. The Labute approximate surface area is 113 Å². The van der Waals surface area contributed by atoms with Crippen LogP contribution in [0.4, 0.5) is 0 Å². The van der Waals surface area contributed by atoms with E-state index in [0.717, 1.165) is 17.7 Å². The number of carbonyl (C=O) groups is 2. The summed E-state index contributed by atoms with van der Waals surface area (Å²) in [7, 11) is 0. The van der Waals surface area contributed by atoms with E-state index < -0.39 is 0 Å². The number of hydrogen-bond donors (Lipinski definition) is 0. The second-order valence-electron chi connectivity index (χ2n) is 4.71. The minimum atomic E-state index is -0.0216. The molecule has 0 fully saturated rings. The van der Waals surface area contributed by atoms with Gasteiger partial charge >= 0.3 is 0 Å². The van der Waals surface area contributed by atoms with E-state index in [-0.39, 0.29) is 18.0 Å². The van der Waals surface area contributed by atoms with Crippen molar-refractivity contribution in [3.05, 3.63) is 21.9 Å².